The Morgan fingerprint density at radius 2 is 2.00 bits per heavy atom. The highest BCUT2D eigenvalue weighted by atomic mass is 35.5. The van der Waals surface area contributed by atoms with Gasteiger partial charge in [0, 0.05) is 18.7 Å². The first kappa shape index (κ1) is 19.5. The van der Waals surface area contributed by atoms with Crippen molar-refractivity contribution in [3.8, 4) is 11.5 Å². The minimum Gasteiger partial charge on any atom is -0.490 e. The second kappa shape index (κ2) is 9.61. The number of benzene rings is 2. The summed E-state index contributed by atoms with van der Waals surface area (Å²) in [4.78, 5) is 0. The molecule has 0 aromatic heterocycles. The average molecular weight is 368 g/mol. The summed E-state index contributed by atoms with van der Waals surface area (Å²) < 4.78 is 25.1. The molecular formula is C19H23ClFNO3. The van der Waals surface area contributed by atoms with Gasteiger partial charge < -0.3 is 19.9 Å². The molecular weight excluding hydrogens is 345 g/mol. The van der Waals surface area contributed by atoms with Crippen molar-refractivity contribution in [2.75, 3.05) is 13.2 Å². The standard InChI is InChI=1S/C19H23ClFNO3/c1-3-24-18-9-14(11-22-10-13(2)23)8-16(20)19(18)25-12-15-6-4-5-7-17(15)21/h4-9,13,22-23H,3,10-12H2,1-2H3. The monoisotopic (exact) mass is 367 g/mol. The zero-order valence-corrected chi connectivity index (χ0v) is 15.1. The van der Waals surface area contributed by atoms with Crippen molar-refractivity contribution in [3.05, 3.63) is 58.4 Å². The predicted octanol–water partition coefficient (Wildman–Crippen LogP) is 3.93. The van der Waals surface area contributed by atoms with Crippen molar-refractivity contribution in [1.82, 2.24) is 5.32 Å². The van der Waals surface area contributed by atoms with Crippen LogP contribution in [0, 0.1) is 5.82 Å². The number of hydrogen-bond acceptors (Lipinski definition) is 4. The van der Waals surface area contributed by atoms with E-state index in [1.807, 2.05) is 13.0 Å². The van der Waals surface area contributed by atoms with E-state index in [0.717, 1.165) is 5.56 Å². The van der Waals surface area contributed by atoms with E-state index in [9.17, 15) is 9.50 Å². The molecule has 25 heavy (non-hydrogen) atoms. The first-order chi connectivity index (χ1) is 12.0. The zero-order chi connectivity index (χ0) is 18.2. The van der Waals surface area contributed by atoms with Gasteiger partial charge in [-0.25, -0.2) is 4.39 Å². The van der Waals surface area contributed by atoms with E-state index in [4.69, 9.17) is 21.1 Å². The lowest BCUT2D eigenvalue weighted by Crippen LogP contribution is -2.23. The molecule has 136 valence electrons. The third-order valence-electron chi connectivity index (χ3n) is 3.47. The summed E-state index contributed by atoms with van der Waals surface area (Å²) in [6, 6.07) is 10.0. The van der Waals surface area contributed by atoms with Gasteiger partial charge in [-0.05, 0) is 37.6 Å². The van der Waals surface area contributed by atoms with Crippen molar-refractivity contribution >= 4 is 11.6 Å². The Bertz CT molecular complexity index is 694. The van der Waals surface area contributed by atoms with Gasteiger partial charge in [-0.2, -0.15) is 0 Å². The van der Waals surface area contributed by atoms with E-state index < -0.39 is 6.10 Å². The molecule has 0 aliphatic rings. The molecule has 0 saturated heterocycles. The fourth-order valence-electron chi connectivity index (χ4n) is 2.32. The fourth-order valence-corrected chi connectivity index (χ4v) is 2.61. The van der Waals surface area contributed by atoms with Crippen LogP contribution in [-0.2, 0) is 13.2 Å². The van der Waals surface area contributed by atoms with Gasteiger partial charge in [0.2, 0.25) is 0 Å². The van der Waals surface area contributed by atoms with E-state index in [1.54, 1.807) is 31.2 Å². The third kappa shape index (κ3) is 5.88. The molecule has 0 bridgehead atoms. The molecule has 0 heterocycles. The molecule has 0 radical (unpaired) electrons. The Labute approximate surface area is 152 Å². The fraction of sp³-hybridized carbons (Fsp3) is 0.368. The molecule has 2 N–H and O–H groups in total. The van der Waals surface area contributed by atoms with Crippen LogP contribution in [0.3, 0.4) is 0 Å². The van der Waals surface area contributed by atoms with Crippen LogP contribution in [-0.4, -0.2) is 24.4 Å². The summed E-state index contributed by atoms with van der Waals surface area (Å²) in [6.45, 7) is 5.12. The molecule has 0 amide bonds. The molecule has 0 aliphatic heterocycles. The van der Waals surface area contributed by atoms with Gasteiger partial charge in [-0.1, -0.05) is 29.8 Å². The number of aliphatic hydroxyl groups excluding tert-OH is 1. The normalized spacial score (nSPS) is 12.0. The molecule has 1 atom stereocenters. The predicted molar refractivity (Wildman–Crippen MR) is 96.7 cm³/mol. The Kier molecular flexibility index (Phi) is 7.50. The number of halogens is 2. The number of hydrogen-bond donors (Lipinski definition) is 2. The van der Waals surface area contributed by atoms with Crippen molar-refractivity contribution in [2.45, 2.75) is 33.1 Å². The van der Waals surface area contributed by atoms with Crippen molar-refractivity contribution in [3.63, 3.8) is 0 Å². The van der Waals surface area contributed by atoms with Crippen LogP contribution in [0.1, 0.15) is 25.0 Å². The Morgan fingerprint density at radius 3 is 2.68 bits per heavy atom. The molecule has 1 unspecified atom stereocenters. The van der Waals surface area contributed by atoms with Crippen LogP contribution in [0.25, 0.3) is 0 Å². The van der Waals surface area contributed by atoms with Gasteiger partial charge in [-0.15, -0.1) is 0 Å². The molecule has 6 heteroatoms. The van der Waals surface area contributed by atoms with Crippen LogP contribution >= 0.6 is 11.6 Å². The van der Waals surface area contributed by atoms with Crippen LogP contribution < -0.4 is 14.8 Å². The molecule has 0 aliphatic carbocycles. The van der Waals surface area contributed by atoms with E-state index in [-0.39, 0.29) is 12.4 Å². The smallest absolute Gasteiger partial charge is 0.180 e. The Balaban J connectivity index is 2.14. The molecule has 0 fully saturated rings. The highest BCUT2D eigenvalue weighted by molar-refractivity contribution is 6.32. The number of nitrogens with one attached hydrogen (secondary N) is 1. The summed E-state index contributed by atoms with van der Waals surface area (Å²) in [5.41, 5.74) is 1.36. The second-order valence-corrected chi connectivity index (χ2v) is 6.11. The lowest BCUT2D eigenvalue weighted by molar-refractivity contribution is 0.191. The zero-order valence-electron chi connectivity index (χ0n) is 14.4. The minimum absolute atomic E-state index is 0.0616. The average Bonchev–Trinajstić information content (AvgIpc) is 2.55. The summed E-state index contributed by atoms with van der Waals surface area (Å²) in [7, 11) is 0. The summed E-state index contributed by atoms with van der Waals surface area (Å²) >= 11 is 6.34. The molecule has 2 aromatic rings. The molecule has 4 nitrogen and oxygen atoms in total. The van der Waals surface area contributed by atoms with Crippen molar-refractivity contribution in [2.24, 2.45) is 0 Å². The SMILES string of the molecule is CCOc1cc(CNCC(C)O)cc(Cl)c1OCc1ccccc1F. The Morgan fingerprint density at radius 1 is 1.24 bits per heavy atom. The first-order valence-electron chi connectivity index (χ1n) is 8.21. The number of rotatable bonds is 9. The maximum Gasteiger partial charge on any atom is 0.180 e. The molecule has 2 rings (SSSR count). The Hall–Kier alpha value is -1.82. The molecule has 0 saturated carbocycles. The highest BCUT2D eigenvalue weighted by Gasteiger charge is 2.14. The van der Waals surface area contributed by atoms with Gasteiger partial charge in [0.25, 0.3) is 0 Å². The first-order valence-corrected chi connectivity index (χ1v) is 8.59. The molecule has 0 spiro atoms. The summed E-state index contributed by atoms with van der Waals surface area (Å²) in [5, 5.41) is 12.8. The second-order valence-electron chi connectivity index (χ2n) is 5.70. The van der Waals surface area contributed by atoms with Gasteiger partial charge in [0.15, 0.2) is 11.5 Å². The van der Waals surface area contributed by atoms with Gasteiger partial charge in [-0.3, -0.25) is 0 Å². The molecule has 2 aromatic carbocycles. The third-order valence-corrected chi connectivity index (χ3v) is 3.75. The minimum atomic E-state index is -0.426. The lowest BCUT2D eigenvalue weighted by Gasteiger charge is -2.16. The van der Waals surface area contributed by atoms with E-state index in [2.05, 4.69) is 5.32 Å². The topological polar surface area (TPSA) is 50.7 Å². The van der Waals surface area contributed by atoms with Gasteiger partial charge in [0.05, 0.1) is 17.7 Å². The van der Waals surface area contributed by atoms with Crippen LogP contribution in [0.2, 0.25) is 5.02 Å². The van der Waals surface area contributed by atoms with E-state index in [0.29, 0.717) is 41.8 Å². The van der Waals surface area contributed by atoms with E-state index in [1.165, 1.54) is 6.07 Å². The highest BCUT2D eigenvalue weighted by Crippen LogP contribution is 2.37. The van der Waals surface area contributed by atoms with Crippen LogP contribution in [0.15, 0.2) is 36.4 Å². The van der Waals surface area contributed by atoms with Crippen LogP contribution in [0.4, 0.5) is 4.39 Å². The summed E-state index contributed by atoms with van der Waals surface area (Å²) in [5.74, 6) is 0.585. The maximum absolute atomic E-state index is 13.7. The largest absolute Gasteiger partial charge is 0.490 e. The lowest BCUT2D eigenvalue weighted by atomic mass is 10.2. The maximum atomic E-state index is 13.7. The van der Waals surface area contributed by atoms with E-state index >= 15 is 0 Å². The number of aliphatic hydroxyl groups is 1. The van der Waals surface area contributed by atoms with Crippen molar-refractivity contribution < 1.29 is 19.0 Å². The van der Waals surface area contributed by atoms with Crippen molar-refractivity contribution in [1.29, 1.82) is 0 Å². The summed E-state index contributed by atoms with van der Waals surface area (Å²) in [6.07, 6.45) is -0.426. The van der Waals surface area contributed by atoms with Gasteiger partial charge >= 0.3 is 0 Å². The number of ether oxygens (including phenoxy) is 2. The quantitative estimate of drug-likeness (QED) is 0.705. The van der Waals surface area contributed by atoms with Crippen LogP contribution in [0.5, 0.6) is 11.5 Å². The van der Waals surface area contributed by atoms with Gasteiger partial charge in [0.1, 0.15) is 12.4 Å².